The van der Waals surface area contributed by atoms with Gasteiger partial charge in [0.2, 0.25) is 0 Å². The number of fused-ring (bicyclic) bond motifs is 1. The molecular formula is C15H28O3Si. The highest BCUT2D eigenvalue weighted by molar-refractivity contribution is 6.74. The lowest BCUT2D eigenvalue weighted by Crippen LogP contribution is -2.43. The second-order valence-corrected chi connectivity index (χ2v) is 12.7. The molecule has 4 atom stereocenters. The fraction of sp³-hybridized carbons (Fsp3) is 0.933. The number of carbonyl (C=O) groups is 1. The lowest BCUT2D eigenvalue weighted by Gasteiger charge is -2.37. The molecule has 2 aliphatic carbocycles. The SMILES string of the molecule is CC(C)(C)[Si](C)(C)OC[C@H]1[C@H]2CC(=O)C[C@H]2C[C@H]1O. The Kier molecular flexibility index (Phi) is 3.98. The summed E-state index contributed by atoms with van der Waals surface area (Å²) >= 11 is 0. The quantitative estimate of drug-likeness (QED) is 0.810. The number of Topliss-reactive ketones (excluding diaryl/α,β-unsaturated/α-hetero) is 1. The van der Waals surface area contributed by atoms with Crippen molar-refractivity contribution in [3.8, 4) is 0 Å². The van der Waals surface area contributed by atoms with Crippen LogP contribution in [0.4, 0.5) is 0 Å². The highest BCUT2D eigenvalue weighted by Crippen LogP contribution is 2.47. The summed E-state index contributed by atoms with van der Waals surface area (Å²) in [6.07, 6.45) is 1.86. The summed E-state index contributed by atoms with van der Waals surface area (Å²) in [5.41, 5.74) is 0. The molecule has 0 aromatic carbocycles. The minimum absolute atomic E-state index is 0.172. The molecule has 0 aromatic rings. The molecule has 2 saturated carbocycles. The molecular weight excluding hydrogens is 256 g/mol. The van der Waals surface area contributed by atoms with Crippen molar-refractivity contribution in [1.29, 1.82) is 0 Å². The van der Waals surface area contributed by atoms with Crippen molar-refractivity contribution in [2.24, 2.45) is 17.8 Å². The molecule has 4 heteroatoms. The van der Waals surface area contributed by atoms with Crippen molar-refractivity contribution in [1.82, 2.24) is 0 Å². The van der Waals surface area contributed by atoms with Gasteiger partial charge in [0.25, 0.3) is 0 Å². The van der Waals surface area contributed by atoms with E-state index in [2.05, 4.69) is 33.9 Å². The summed E-state index contributed by atoms with van der Waals surface area (Å²) < 4.78 is 6.26. The first-order chi connectivity index (χ1) is 8.62. The lowest BCUT2D eigenvalue weighted by molar-refractivity contribution is -0.118. The summed E-state index contributed by atoms with van der Waals surface area (Å²) in [7, 11) is -1.76. The molecule has 0 spiro atoms. The number of hydrogen-bond acceptors (Lipinski definition) is 3. The Bertz CT molecular complexity index is 359. The molecule has 2 aliphatic rings. The van der Waals surface area contributed by atoms with Gasteiger partial charge in [0.05, 0.1) is 6.10 Å². The minimum atomic E-state index is -1.76. The number of hydrogen-bond donors (Lipinski definition) is 1. The van der Waals surface area contributed by atoms with Gasteiger partial charge in [-0.15, -0.1) is 0 Å². The zero-order valence-corrected chi connectivity index (χ0v) is 13.9. The van der Waals surface area contributed by atoms with E-state index in [1.54, 1.807) is 0 Å². The van der Waals surface area contributed by atoms with Crippen molar-refractivity contribution in [3.63, 3.8) is 0 Å². The summed E-state index contributed by atoms with van der Waals surface area (Å²) in [4.78, 5) is 11.6. The van der Waals surface area contributed by atoms with Gasteiger partial charge in [0, 0.05) is 25.4 Å². The molecule has 0 saturated heterocycles. The predicted molar refractivity (Wildman–Crippen MR) is 78.5 cm³/mol. The highest BCUT2D eigenvalue weighted by Gasteiger charge is 2.48. The minimum Gasteiger partial charge on any atom is -0.416 e. The molecule has 0 amide bonds. The largest absolute Gasteiger partial charge is 0.416 e. The van der Waals surface area contributed by atoms with Gasteiger partial charge in [-0.1, -0.05) is 20.8 Å². The third-order valence-corrected chi connectivity index (χ3v) is 10.1. The molecule has 19 heavy (non-hydrogen) atoms. The summed E-state index contributed by atoms with van der Waals surface area (Å²) in [6.45, 7) is 11.8. The van der Waals surface area contributed by atoms with E-state index in [4.69, 9.17) is 4.43 Å². The van der Waals surface area contributed by atoms with Crippen LogP contribution in [-0.4, -0.2) is 31.9 Å². The van der Waals surface area contributed by atoms with Crippen LogP contribution in [0.2, 0.25) is 18.1 Å². The average Bonchev–Trinajstić information content (AvgIpc) is 2.69. The Labute approximate surface area is 117 Å². The summed E-state index contributed by atoms with van der Waals surface area (Å²) in [6, 6.07) is 0. The molecule has 0 aliphatic heterocycles. The zero-order chi connectivity index (χ0) is 14.4. The Hall–Kier alpha value is -0.193. The van der Waals surface area contributed by atoms with E-state index in [-0.39, 0.29) is 17.1 Å². The smallest absolute Gasteiger partial charge is 0.191 e. The molecule has 0 aromatic heterocycles. The van der Waals surface area contributed by atoms with Crippen LogP contribution in [0.3, 0.4) is 0 Å². The molecule has 110 valence electrons. The van der Waals surface area contributed by atoms with Crippen LogP contribution in [0.1, 0.15) is 40.0 Å². The molecule has 3 nitrogen and oxygen atoms in total. The van der Waals surface area contributed by atoms with Gasteiger partial charge in [0.15, 0.2) is 8.32 Å². The first-order valence-corrected chi connectivity index (χ1v) is 10.4. The molecule has 0 bridgehead atoms. The van der Waals surface area contributed by atoms with E-state index in [9.17, 15) is 9.90 Å². The fourth-order valence-electron chi connectivity index (χ4n) is 3.24. The van der Waals surface area contributed by atoms with Crippen LogP contribution in [0, 0.1) is 17.8 Å². The second-order valence-electron chi connectivity index (χ2n) is 7.91. The standard InChI is InChI=1S/C15H28O3Si/c1-15(2,3)19(4,5)18-9-13-12-8-11(16)6-10(12)7-14(13)17/h10,12-14,17H,6-9H2,1-5H3/t10-,12-,13-,14+/m0/s1. The Morgan fingerprint density at radius 2 is 1.95 bits per heavy atom. The summed E-state index contributed by atoms with van der Waals surface area (Å²) in [5.74, 6) is 1.33. The fourth-order valence-corrected chi connectivity index (χ4v) is 4.28. The Morgan fingerprint density at radius 1 is 1.32 bits per heavy atom. The maximum Gasteiger partial charge on any atom is 0.191 e. The lowest BCUT2D eigenvalue weighted by atomic mass is 9.92. The van der Waals surface area contributed by atoms with E-state index >= 15 is 0 Å². The second kappa shape index (κ2) is 4.97. The zero-order valence-electron chi connectivity index (χ0n) is 12.9. The van der Waals surface area contributed by atoms with Gasteiger partial charge in [-0.3, -0.25) is 4.79 Å². The molecule has 2 fully saturated rings. The van der Waals surface area contributed by atoms with Crippen LogP contribution >= 0.6 is 0 Å². The van der Waals surface area contributed by atoms with Crippen molar-refractivity contribution in [2.75, 3.05) is 6.61 Å². The number of aliphatic hydroxyl groups is 1. The number of ketones is 1. The van der Waals surface area contributed by atoms with Crippen molar-refractivity contribution < 1.29 is 14.3 Å². The monoisotopic (exact) mass is 284 g/mol. The first-order valence-electron chi connectivity index (χ1n) is 7.45. The van der Waals surface area contributed by atoms with Crippen molar-refractivity contribution in [2.45, 2.75) is 64.3 Å². The molecule has 0 radical (unpaired) electrons. The predicted octanol–water partition coefficient (Wildman–Crippen LogP) is 2.98. The third kappa shape index (κ3) is 2.95. The van der Waals surface area contributed by atoms with Gasteiger partial charge in [-0.05, 0) is 36.4 Å². The van der Waals surface area contributed by atoms with Gasteiger partial charge in [0.1, 0.15) is 5.78 Å². The van der Waals surface area contributed by atoms with Crippen LogP contribution in [0.15, 0.2) is 0 Å². The molecule has 2 rings (SSSR count). The normalized spacial score (nSPS) is 35.8. The van der Waals surface area contributed by atoms with Gasteiger partial charge in [-0.25, -0.2) is 0 Å². The van der Waals surface area contributed by atoms with E-state index in [1.807, 2.05) is 0 Å². The van der Waals surface area contributed by atoms with Crippen LogP contribution < -0.4 is 0 Å². The Balaban J connectivity index is 1.97. The maximum atomic E-state index is 11.6. The van der Waals surface area contributed by atoms with Crippen molar-refractivity contribution in [3.05, 3.63) is 0 Å². The number of carbonyl (C=O) groups excluding carboxylic acids is 1. The topological polar surface area (TPSA) is 46.5 Å². The highest BCUT2D eigenvalue weighted by atomic mass is 28.4. The van der Waals surface area contributed by atoms with Gasteiger partial charge in [-0.2, -0.15) is 0 Å². The van der Waals surface area contributed by atoms with Gasteiger partial charge < -0.3 is 9.53 Å². The van der Waals surface area contributed by atoms with Crippen molar-refractivity contribution >= 4 is 14.1 Å². The van der Waals surface area contributed by atoms with E-state index in [0.717, 1.165) is 6.42 Å². The molecule has 0 unspecified atom stereocenters. The Morgan fingerprint density at radius 3 is 2.53 bits per heavy atom. The van der Waals surface area contributed by atoms with Crippen LogP contribution in [-0.2, 0) is 9.22 Å². The van der Waals surface area contributed by atoms with E-state index < -0.39 is 8.32 Å². The van der Waals surface area contributed by atoms with E-state index in [1.165, 1.54) is 0 Å². The first kappa shape index (κ1) is 15.2. The van der Waals surface area contributed by atoms with E-state index in [0.29, 0.717) is 37.1 Å². The number of rotatable bonds is 3. The maximum absolute atomic E-state index is 11.6. The third-order valence-electron chi connectivity index (χ3n) is 5.59. The molecule has 0 heterocycles. The molecule has 1 N–H and O–H groups in total. The number of aliphatic hydroxyl groups excluding tert-OH is 1. The van der Waals surface area contributed by atoms with Crippen LogP contribution in [0.25, 0.3) is 0 Å². The average molecular weight is 284 g/mol. The summed E-state index contributed by atoms with van der Waals surface area (Å²) in [5, 5.41) is 10.4. The van der Waals surface area contributed by atoms with Gasteiger partial charge >= 0.3 is 0 Å². The van der Waals surface area contributed by atoms with Crippen LogP contribution in [0.5, 0.6) is 0 Å².